The highest BCUT2D eigenvalue weighted by Gasteiger charge is 2.42. The summed E-state index contributed by atoms with van der Waals surface area (Å²) in [5.74, 6) is -4.57. The van der Waals surface area contributed by atoms with Crippen LogP contribution in [0.15, 0.2) is 22.8 Å². The number of benzene rings is 1. The largest absolute Gasteiger partial charge is 0.454 e. The molecule has 0 aliphatic rings. The van der Waals surface area contributed by atoms with Gasteiger partial charge >= 0.3 is 12.4 Å². The van der Waals surface area contributed by atoms with Gasteiger partial charge in [0.15, 0.2) is 5.69 Å². The SMILES string of the molecule is O=C(c1cccc(F)c1-c1nc(Br)c(C(F)(F)F)[nH]1)C(F)(F)F. The molecule has 1 aromatic heterocycles. The van der Waals surface area contributed by atoms with Crippen molar-refractivity contribution in [1.82, 2.24) is 9.97 Å². The number of carbonyl (C=O) groups is 1. The molecule has 1 N–H and O–H groups in total. The molecule has 3 nitrogen and oxygen atoms in total. The third-order valence-corrected chi connectivity index (χ3v) is 3.27. The number of aromatic nitrogens is 2. The predicted molar refractivity (Wildman–Crippen MR) is 67.1 cm³/mol. The highest BCUT2D eigenvalue weighted by atomic mass is 79.9. The molecule has 2 aromatic rings. The fourth-order valence-corrected chi connectivity index (χ4v) is 2.27. The number of ketones is 1. The number of Topliss-reactive ketones (excluding diaryl/α,β-unsaturated/α-hetero) is 1. The first-order chi connectivity index (χ1) is 10.4. The molecule has 1 heterocycles. The van der Waals surface area contributed by atoms with E-state index in [1.165, 1.54) is 0 Å². The summed E-state index contributed by atoms with van der Waals surface area (Å²) in [6.45, 7) is 0. The number of hydrogen-bond acceptors (Lipinski definition) is 2. The average molecular weight is 405 g/mol. The molecule has 0 fully saturated rings. The van der Waals surface area contributed by atoms with Crippen LogP contribution >= 0.6 is 15.9 Å². The molecule has 23 heavy (non-hydrogen) atoms. The number of nitrogens with zero attached hydrogens (tertiary/aromatic N) is 1. The van der Waals surface area contributed by atoms with Gasteiger partial charge in [-0.3, -0.25) is 4.79 Å². The fourth-order valence-electron chi connectivity index (χ4n) is 1.76. The van der Waals surface area contributed by atoms with E-state index in [2.05, 4.69) is 20.9 Å². The molecular weight excluding hydrogens is 401 g/mol. The first-order valence-electron chi connectivity index (χ1n) is 5.66. The van der Waals surface area contributed by atoms with Gasteiger partial charge in [-0.15, -0.1) is 0 Å². The smallest absolute Gasteiger partial charge is 0.333 e. The lowest BCUT2D eigenvalue weighted by Crippen LogP contribution is -2.23. The van der Waals surface area contributed by atoms with Gasteiger partial charge in [-0.1, -0.05) is 12.1 Å². The van der Waals surface area contributed by atoms with Crippen molar-refractivity contribution in [2.75, 3.05) is 0 Å². The summed E-state index contributed by atoms with van der Waals surface area (Å²) in [7, 11) is 0. The maximum absolute atomic E-state index is 13.8. The molecule has 0 saturated heterocycles. The van der Waals surface area contributed by atoms with Gasteiger partial charge in [-0.05, 0) is 22.0 Å². The van der Waals surface area contributed by atoms with Gasteiger partial charge in [0.1, 0.15) is 16.2 Å². The summed E-state index contributed by atoms with van der Waals surface area (Å²) >= 11 is 2.48. The number of rotatable bonds is 2. The van der Waals surface area contributed by atoms with Crippen molar-refractivity contribution < 1.29 is 35.5 Å². The van der Waals surface area contributed by atoms with E-state index in [9.17, 15) is 35.5 Å². The molecule has 0 bridgehead atoms. The Balaban J connectivity index is 2.68. The van der Waals surface area contributed by atoms with Crippen molar-refractivity contribution in [2.45, 2.75) is 12.4 Å². The van der Waals surface area contributed by atoms with Crippen LogP contribution < -0.4 is 0 Å². The highest BCUT2D eigenvalue weighted by Crippen LogP contribution is 2.37. The molecule has 0 atom stereocenters. The minimum absolute atomic E-state index is 0.651. The number of nitrogens with one attached hydrogen (secondary N) is 1. The monoisotopic (exact) mass is 404 g/mol. The maximum Gasteiger partial charge on any atom is 0.454 e. The Morgan fingerprint density at radius 1 is 1.13 bits per heavy atom. The van der Waals surface area contributed by atoms with Crippen LogP contribution in [0.3, 0.4) is 0 Å². The molecule has 11 heteroatoms. The summed E-state index contributed by atoms with van der Waals surface area (Å²) in [6.07, 6.45) is -10.2. The number of carbonyl (C=O) groups excluding carboxylic acids is 1. The third kappa shape index (κ3) is 3.38. The Labute approximate surface area is 131 Å². The topological polar surface area (TPSA) is 45.8 Å². The van der Waals surface area contributed by atoms with E-state index >= 15 is 0 Å². The Hall–Kier alpha value is -1.91. The summed E-state index contributed by atoms with van der Waals surface area (Å²) < 4.78 is 88.8. The third-order valence-electron chi connectivity index (χ3n) is 2.70. The van der Waals surface area contributed by atoms with Gasteiger partial charge in [0.25, 0.3) is 5.78 Å². The zero-order chi connectivity index (χ0) is 17.6. The lowest BCUT2D eigenvalue weighted by Gasteiger charge is -2.10. The Kier molecular flexibility index (Phi) is 4.26. The molecule has 124 valence electrons. The van der Waals surface area contributed by atoms with Gasteiger partial charge in [0.05, 0.1) is 5.56 Å². The van der Waals surface area contributed by atoms with Crippen molar-refractivity contribution in [3.8, 4) is 11.4 Å². The molecule has 0 amide bonds. The average Bonchev–Trinajstić information content (AvgIpc) is 2.78. The molecule has 0 aliphatic heterocycles. The quantitative estimate of drug-likeness (QED) is 0.580. The first kappa shape index (κ1) is 17.4. The van der Waals surface area contributed by atoms with Gasteiger partial charge in [-0.25, -0.2) is 9.37 Å². The molecule has 2 rings (SSSR count). The zero-order valence-electron chi connectivity index (χ0n) is 10.6. The van der Waals surface area contributed by atoms with Crippen LogP contribution in [0.4, 0.5) is 30.7 Å². The van der Waals surface area contributed by atoms with Crippen molar-refractivity contribution in [3.05, 3.63) is 39.9 Å². The van der Waals surface area contributed by atoms with Crippen molar-refractivity contribution >= 4 is 21.7 Å². The normalized spacial score (nSPS) is 12.5. The molecular formula is C12H4BrF7N2O. The number of halogens is 8. The second kappa shape index (κ2) is 5.62. The number of aromatic amines is 1. The molecule has 0 unspecified atom stereocenters. The maximum atomic E-state index is 13.8. The lowest BCUT2D eigenvalue weighted by atomic mass is 10.0. The Bertz CT molecular complexity index is 764. The summed E-state index contributed by atoms with van der Waals surface area (Å²) in [4.78, 5) is 16.3. The lowest BCUT2D eigenvalue weighted by molar-refractivity contribution is -0.141. The van der Waals surface area contributed by atoms with E-state index in [4.69, 9.17) is 0 Å². The van der Waals surface area contributed by atoms with E-state index in [1.54, 1.807) is 4.98 Å². The number of imidazole rings is 1. The first-order valence-corrected chi connectivity index (χ1v) is 6.45. The number of alkyl halides is 6. The highest BCUT2D eigenvalue weighted by molar-refractivity contribution is 9.10. The molecule has 0 radical (unpaired) electrons. The van der Waals surface area contributed by atoms with Crippen LogP contribution in [0.25, 0.3) is 11.4 Å². The second-order valence-electron chi connectivity index (χ2n) is 4.24. The number of H-pyrrole nitrogens is 1. The standard InChI is InChI=1S/C12H4BrF7N2O/c13-9-7(11(15,16)17)21-10(22-9)6-4(2-1-3-5(6)14)8(23)12(18,19)20/h1-3H,(H,21,22). The second-order valence-corrected chi connectivity index (χ2v) is 4.99. The van der Waals surface area contributed by atoms with Gasteiger partial charge in [0, 0.05) is 5.56 Å². The van der Waals surface area contributed by atoms with Crippen LogP contribution in [0.5, 0.6) is 0 Å². The van der Waals surface area contributed by atoms with Crippen molar-refractivity contribution in [2.24, 2.45) is 0 Å². The zero-order valence-corrected chi connectivity index (χ0v) is 12.2. The molecule has 0 spiro atoms. The van der Waals surface area contributed by atoms with Crippen LogP contribution in [-0.4, -0.2) is 21.9 Å². The van der Waals surface area contributed by atoms with Crippen LogP contribution in [0.2, 0.25) is 0 Å². The van der Waals surface area contributed by atoms with Crippen molar-refractivity contribution in [3.63, 3.8) is 0 Å². The van der Waals surface area contributed by atoms with E-state index < -0.39 is 51.2 Å². The van der Waals surface area contributed by atoms with Gasteiger partial charge < -0.3 is 4.98 Å². The van der Waals surface area contributed by atoms with Gasteiger partial charge in [-0.2, -0.15) is 26.3 Å². The minimum Gasteiger partial charge on any atom is -0.333 e. The Morgan fingerprint density at radius 2 is 1.74 bits per heavy atom. The van der Waals surface area contributed by atoms with Crippen molar-refractivity contribution in [1.29, 1.82) is 0 Å². The number of hydrogen-bond donors (Lipinski definition) is 1. The van der Waals surface area contributed by atoms with E-state index in [0.717, 1.165) is 6.07 Å². The van der Waals surface area contributed by atoms with Gasteiger partial charge in [0.2, 0.25) is 0 Å². The molecule has 0 saturated carbocycles. The summed E-state index contributed by atoms with van der Waals surface area (Å²) in [5.41, 5.74) is -3.56. The summed E-state index contributed by atoms with van der Waals surface area (Å²) in [5, 5.41) is 0. The minimum atomic E-state index is -5.32. The van der Waals surface area contributed by atoms with Crippen LogP contribution in [-0.2, 0) is 6.18 Å². The van der Waals surface area contributed by atoms with E-state index in [1.807, 2.05) is 0 Å². The van der Waals surface area contributed by atoms with E-state index in [0.29, 0.717) is 12.1 Å². The molecule has 0 aliphatic carbocycles. The van der Waals surface area contributed by atoms with Crippen LogP contribution in [0, 0.1) is 5.82 Å². The van der Waals surface area contributed by atoms with Crippen LogP contribution in [0.1, 0.15) is 16.1 Å². The summed E-state index contributed by atoms with van der Waals surface area (Å²) in [6, 6.07) is 2.19. The fraction of sp³-hybridized carbons (Fsp3) is 0.167. The molecule has 1 aromatic carbocycles. The Morgan fingerprint density at radius 3 is 2.22 bits per heavy atom. The van der Waals surface area contributed by atoms with E-state index in [-0.39, 0.29) is 0 Å². The predicted octanol–water partition coefficient (Wildman–Crippen LogP) is 4.74.